The Kier molecular flexibility index (Phi) is 4.75. The molecule has 0 bridgehead atoms. The van der Waals surface area contributed by atoms with Gasteiger partial charge in [0.1, 0.15) is 17.7 Å². The predicted molar refractivity (Wildman–Crippen MR) is 102 cm³/mol. The van der Waals surface area contributed by atoms with E-state index in [1.165, 1.54) is 29.7 Å². The van der Waals surface area contributed by atoms with E-state index in [2.05, 4.69) is 16.4 Å². The molecule has 1 amide bonds. The number of nitrogens with zero attached hydrogens (tertiary/aromatic N) is 2. The van der Waals surface area contributed by atoms with E-state index in [-0.39, 0.29) is 11.7 Å². The van der Waals surface area contributed by atoms with Gasteiger partial charge in [0.25, 0.3) is 5.91 Å². The molecule has 0 aliphatic heterocycles. The molecule has 0 spiro atoms. The Balaban J connectivity index is 1.65. The highest BCUT2D eigenvalue weighted by atomic mass is 19.1. The van der Waals surface area contributed by atoms with Crippen LogP contribution in [0.3, 0.4) is 0 Å². The number of aromatic nitrogens is 2. The normalized spacial score (nSPS) is 14.4. The van der Waals surface area contributed by atoms with Crippen molar-refractivity contribution in [3.05, 3.63) is 88.8 Å². The molecule has 138 valence electrons. The number of amides is 1. The first-order chi connectivity index (χ1) is 13.1. The molecule has 0 fully saturated rings. The third-order valence-electron chi connectivity index (χ3n) is 5.18. The first-order valence-electron chi connectivity index (χ1n) is 9.27. The van der Waals surface area contributed by atoms with Gasteiger partial charge in [-0.15, -0.1) is 0 Å². The van der Waals surface area contributed by atoms with Crippen molar-refractivity contribution in [3.63, 3.8) is 0 Å². The van der Waals surface area contributed by atoms with Crippen molar-refractivity contribution in [1.29, 1.82) is 0 Å². The van der Waals surface area contributed by atoms with E-state index in [0.29, 0.717) is 17.0 Å². The van der Waals surface area contributed by atoms with Gasteiger partial charge in [0.15, 0.2) is 0 Å². The lowest BCUT2D eigenvalue weighted by Crippen LogP contribution is -2.31. The number of benzene rings is 2. The Morgan fingerprint density at radius 2 is 1.96 bits per heavy atom. The van der Waals surface area contributed by atoms with Gasteiger partial charge in [-0.1, -0.05) is 18.2 Å². The molecule has 27 heavy (non-hydrogen) atoms. The maximum Gasteiger partial charge on any atom is 0.252 e. The molecule has 0 saturated heterocycles. The zero-order valence-corrected chi connectivity index (χ0v) is 15.3. The molecule has 4 nitrogen and oxygen atoms in total. The highest BCUT2D eigenvalue weighted by molar-refractivity contribution is 5.95. The van der Waals surface area contributed by atoms with Gasteiger partial charge in [0, 0.05) is 25.0 Å². The molecule has 5 heteroatoms. The minimum atomic E-state index is -0.524. The maximum atomic E-state index is 13.8. The molecule has 1 N–H and O–H groups in total. The van der Waals surface area contributed by atoms with Crippen molar-refractivity contribution in [2.45, 2.75) is 31.7 Å². The Morgan fingerprint density at radius 3 is 2.70 bits per heavy atom. The first kappa shape index (κ1) is 17.5. The summed E-state index contributed by atoms with van der Waals surface area (Å²) < 4.78 is 15.6. The summed E-state index contributed by atoms with van der Waals surface area (Å²) in [4.78, 5) is 17.3. The number of fused-ring (bicyclic) bond motifs is 1. The number of halogens is 1. The average molecular weight is 363 g/mol. The molecule has 0 saturated carbocycles. The van der Waals surface area contributed by atoms with E-state index >= 15 is 0 Å². The summed E-state index contributed by atoms with van der Waals surface area (Å²) in [5.74, 6) is 0.141. The second-order valence-corrected chi connectivity index (χ2v) is 7.05. The molecule has 3 aromatic rings. The van der Waals surface area contributed by atoms with E-state index < -0.39 is 6.04 Å². The quantitative estimate of drug-likeness (QED) is 0.763. The molecule has 4 rings (SSSR count). The Labute approximate surface area is 158 Å². The summed E-state index contributed by atoms with van der Waals surface area (Å²) in [5.41, 5.74) is 3.89. The van der Waals surface area contributed by atoms with Gasteiger partial charge < -0.3 is 9.88 Å². The Morgan fingerprint density at radius 1 is 1.15 bits per heavy atom. The number of aryl methyl sites for hydroxylation is 3. The second-order valence-electron chi connectivity index (χ2n) is 7.05. The molecule has 1 unspecified atom stereocenters. The van der Waals surface area contributed by atoms with Crippen molar-refractivity contribution < 1.29 is 9.18 Å². The van der Waals surface area contributed by atoms with Gasteiger partial charge in [0.05, 0.1) is 0 Å². The Hall–Kier alpha value is -2.95. The maximum absolute atomic E-state index is 13.8. The summed E-state index contributed by atoms with van der Waals surface area (Å²) in [6, 6.07) is 11.7. The van der Waals surface area contributed by atoms with Crippen LogP contribution in [0.25, 0.3) is 0 Å². The number of imidazole rings is 1. The summed E-state index contributed by atoms with van der Waals surface area (Å²) in [5, 5.41) is 3.04. The minimum absolute atomic E-state index is 0.180. The van der Waals surface area contributed by atoms with Gasteiger partial charge in [-0.05, 0) is 66.6 Å². The summed E-state index contributed by atoms with van der Waals surface area (Å²) in [7, 11) is 1.86. The smallest absolute Gasteiger partial charge is 0.252 e. The zero-order valence-electron chi connectivity index (χ0n) is 15.3. The number of carbonyl (C=O) groups is 1. The van der Waals surface area contributed by atoms with Crippen molar-refractivity contribution >= 4 is 5.91 Å². The molecule has 1 atom stereocenters. The fourth-order valence-electron chi connectivity index (χ4n) is 3.73. The number of hydrogen-bond acceptors (Lipinski definition) is 2. The predicted octanol–water partition coefficient (Wildman–Crippen LogP) is 3.96. The lowest BCUT2D eigenvalue weighted by Gasteiger charge is -2.20. The minimum Gasteiger partial charge on any atom is -0.338 e. The fraction of sp³-hybridized carbons (Fsp3) is 0.273. The van der Waals surface area contributed by atoms with E-state index in [4.69, 9.17) is 0 Å². The summed E-state index contributed by atoms with van der Waals surface area (Å²) in [6.45, 7) is 0. The van der Waals surface area contributed by atoms with E-state index in [1.54, 1.807) is 18.3 Å². The summed E-state index contributed by atoms with van der Waals surface area (Å²) in [6.07, 6.45) is 7.95. The van der Waals surface area contributed by atoms with Crippen LogP contribution in [0.15, 0.2) is 54.9 Å². The van der Waals surface area contributed by atoms with Crippen LogP contribution in [0.2, 0.25) is 0 Å². The van der Waals surface area contributed by atoms with Crippen molar-refractivity contribution in [2.75, 3.05) is 0 Å². The van der Waals surface area contributed by atoms with Crippen LogP contribution in [0.5, 0.6) is 0 Å². The van der Waals surface area contributed by atoms with Gasteiger partial charge >= 0.3 is 0 Å². The standard InChI is InChI=1S/C22H22FN3O/c1-26-12-11-24-21(26)20(17-7-4-8-19(23)14-17)25-22(27)18-10-9-15-5-2-3-6-16(15)13-18/h4,7-14,20H,2-3,5-6H2,1H3,(H,25,27). The highest BCUT2D eigenvalue weighted by Gasteiger charge is 2.22. The van der Waals surface area contributed by atoms with Gasteiger partial charge in [-0.2, -0.15) is 0 Å². The monoisotopic (exact) mass is 363 g/mol. The van der Waals surface area contributed by atoms with Crippen LogP contribution in [0, 0.1) is 5.82 Å². The molecular formula is C22H22FN3O. The number of carbonyl (C=O) groups excluding carboxylic acids is 1. The third-order valence-corrected chi connectivity index (χ3v) is 5.18. The zero-order chi connectivity index (χ0) is 18.8. The van der Waals surface area contributed by atoms with Gasteiger partial charge in [-0.25, -0.2) is 9.37 Å². The Bertz CT molecular complexity index is 979. The van der Waals surface area contributed by atoms with Crippen LogP contribution in [-0.2, 0) is 19.9 Å². The van der Waals surface area contributed by atoms with Crippen LogP contribution < -0.4 is 5.32 Å². The molecule has 1 aliphatic carbocycles. The van der Waals surface area contributed by atoms with Crippen LogP contribution in [0.1, 0.15) is 51.8 Å². The molecule has 0 radical (unpaired) electrons. The van der Waals surface area contributed by atoms with Gasteiger partial charge in [0.2, 0.25) is 0 Å². The highest BCUT2D eigenvalue weighted by Crippen LogP contribution is 2.24. The fourth-order valence-corrected chi connectivity index (χ4v) is 3.73. The van der Waals surface area contributed by atoms with Crippen molar-refractivity contribution in [1.82, 2.24) is 14.9 Å². The molecular weight excluding hydrogens is 341 g/mol. The second kappa shape index (κ2) is 7.35. The van der Waals surface area contributed by atoms with E-state index in [9.17, 15) is 9.18 Å². The lowest BCUT2D eigenvalue weighted by molar-refractivity contribution is 0.0941. The summed E-state index contributed by atoms with van der Waals surface area (Å²) >= 11 is 0. The largest absolute Gasteiger partial charge is 0.338 e. The molecule has 2 aromatic carbocycles. The van der Waals surface area contributed by atoms with Crippen LogP contribution >= 0.6 is 0 Å². The van der Waals surface area contributed by atoms with E-state index in [1.807, 2.05) is 29.9 Å². The first-order valence-corrected chi connectivity index (χ1v) is 9.27. The number of nitrogens with one attached hydrogen (secondary N) is 1. The number of rotatable bonds is 4. The lowest BCUT2D eigenvalue weighted by atomic mass is 9.90. The van der Waals surface area contributed by atoms with Crippen molar-refractivity contribution in [3.8, 4) is 0 Å². The van der Waals surface area contributed by atoms with Gasteiger partial charge in [-0.3, -0.25) is 4.79 Å². The number of hydrogen-bond donors (Lipinski definition) is 1. The van der Waals surface area contributed by atoms with E-state index in [0.717, 1.165) is 19.3 Å². The molecule has 1 aromatic heterocycles. The molecule has 1 heterocycles. The SMILES string of the molecule is Cn1ccnc1C(NC(=O)c1ccc2c(c1)CCCC2)c1cccc(F)c1. The third kappa shape index (κ3) is 3.63. The topological polar surface area (TPSA) is 46.9 Å². The average Bonchev–Trinajstić information content (AvgIpc) is 3.11. The van der Waals surface area contributed by atoms with Crippen LogP contribution in [-0.4, -0.2) is 15.5 Å². The molecule has 1 aliphatic rings. The van der Waals surface area contributed by atoms with Crippen molar-refractivity contribution in [2.24, 2.45) is 7.05 Å². The van der Waals surface area contributed by atoms with Crippen LogP contribution in [0.4, 0.5) is 4.39 Å².